The first-order valence-corrected chi connectivity index (χ1v) is 7.62. The number of anilines is 2. The van der Waals surface area contributed by atoms with E-state index in [2.05, 4.69) is 9.88 Å². The van der Waals surface area contributed by atoms with Crippen LogP contribution in [0.5, 0.6) is 0 Å². The number of nitrogens with one attached hydrogen (secondary N) is 1. The minimum Gasteiger partial charge on any atom is -0.363 e. The zero-order valence-electron chi connectivity index (χ0n) is 12.9. The second-order valence-electron chi connectivity index (χ2n) is 5.61. The van der Waals surface area contributed by atoms with Crippen molar-refractivity contribution in [3.05, 3.63) is 53.7 Å². The molecule has 126 valence electrons. The normalized spacial score (nSPS) is 15.5. The summed E-state index contributed by atoms with van der Waals surface area (Å²) in [7, 11) is 0. The van der Waals surface area contributed by atoms with Gasteiger partial charge >= 0.3 is 6.18 Å². The van der Waals surface area contributed by atoms with Crippen LogP contribution >= 0.6 is 0 Å². The van der Waals surface area contributed by atoms with E-state index in [0.717, 1.165) is 24.2 Å². The molecule has 0 unspecified atom stereocenters. The number of benzene rings is 1. The second kappa shape index (κ2) is 6.51. The number of aromatic amines is 1. The zero-order chi connectivity index (χ0) is 17.2. The molecular weight excluding hydrogens is 319 g/mol. The van der Waals surface area contributed by atoms with Gasteiger partial charge < -0.3 is 4.90 Å². The van der Waals surface area contributed by atoms with Gasteiger partial charge in [-0.2, -0.15) is 13.2 Å². The van der Waals surface area contributed by atoms with Crippen molar-refractivity contribution in [1.29, 1.82) is 0 Å². The lowest BCUT2D eigenvalue weighted by Crippen LogP contribution is -2.48. The monoisotopic (exact) mass is 336 g/mol. The maximum atomic E-state index is 12.6. The third-order valence-electron chi connectivity index (χ3n) is 4.15. The summed E-state index contributed by atoms with van der Waals surface area (Å²) in [5, 5.41) is 0. The summed E-state index contributed by atoms with van der Waals surface area (Å²) in [5.74, 6) is 0.659. The molecule has 7 heteroatoms. The van der Waals surface area contributed by atoms with Crippen LogP contribution in [0.3, 0.4) is 0 Å². The Bertz CT molecular complexity index is 708. The van der Waals surface area contributed by atoms with Crippen LogP contribution in [-0.2, 0) is 6.18 Å². The first-order valence-electron chi connectivity index (χ1n) is 7.62. The number of pyridine rings is 1. The summed E-state index contributed by atoms with van der Waals surface area (Å²) < 4.78 is 37.8. The Labute approximate surface area is 137 Å². The third kappa shape index (κ3) is 3.34. The number of carbonyl (C=O) groups is 1. The van der Waals surface area contributed by atoms with Gasteiger partial charge in [0.25, 0.3) is 5.82 Å². The lowest BCUT2D eigenvalue weighted by Gasteiger charge is -2.33. The molecule has 24 heavy (non-hydrogen) atoms. The van der Waals surface area contributed by atoms with Gasteiger partial charge in [-0.3, -0.25) is 9.69 Å². The number of aromatic nitrogens is 1. The fourth-order valence-corrected chi connectivity index (χ4v) is 2.85. The molecule has 0 atom stereocenters. The summed E-state index contributed by atoms with van der Waals surface area (Å²) in [4.78, 5) is 18.0. The largest absolute Gasteiger partial charge is 0.419 e. The van der Waals surface area contributed by atoms with Crippen molar-refractivity contribution in [2.24, 2.45) is 0 Å². The first-order chi connectivity index (χ1) is 11.5. The molecule has 1 N–H and O–H groups in total. The quantitative estimate of drug-likeness (QED) is 0.809. The Balaban J connectivity index is 1.68. The van der Waals surface area contributed by atoms with Crippen molar-refractivity contribution < 1.29 is 22.9 Å². The van der Waals surface area contributed by atoms with E-state index in [1.807, 2.05) is 23.1 Å². The highest BCUT2D eigenvalue weighted by Gasteiger charge is 2.32. The predicted octanol–water partition coefficient (Wildman–Crippen LogP) is 2.66. The Hall–Kier alpha value is -2.57. The van der Waals surface area contributed by atoms with Crippen LogP contribution in [0.1, 0.15) is 15.9 Å². The van der Waals surface area contributed by atoms with E-state index in [1.54, 1.807) is 6.07 Å². The van der Waals surface area contributed by atoms with Crippen LogP contribution < -0.4 is 14.8 Å². The molecule has 0 bridgehead atoms. The van der Waals surface area contributed by atoms with Gasteiger partial charge in [0.05, 0.1) is 18.7 Å². The SMILES string of the molecule is O=Cc1ccccc1N1CCN(c2ccc(C(F)(F)F)c[nH+]2)CC1. The molecule has 1 fully saturated rings. The maximum Gasteiger partial charge on any atom is 0.419 e. The minimum absolute atomic E-state index is 0.645. The molecule has 0 spiro atoms. The fraction of sp³-hybridized carbons (Fsp3) is 0.294. The van der Waals surface area contributed by atoms with Gasteiger partial charge in [0.15, 0.2) is 6.29 Å². The van der Waals surface area contributed by atoms with Gasteiger partial charge in [-0.15, -0.1) is 0 Å². The molecular formula is C17H17F3N3O+. The molecule has 2 aromatic rings. The summed E-state index contributed by atoms with van der Waals surface area (Å²) in [6, 6.07) is 9.93. The molecule has 2 heterocycles. The van der Waals surface area contributed by atoms with E-state index in [9.17, 15) is 18.0 Å². The highest BCUT2D eigenvalue weighted by Crippen LogP contribution is 2.28. The average molecular weight is 336 g/mol. The number of alkyl halides is 3. The lowest BCUT2D eigenvalue weighted by atomic mass is 10.1. The van der Waals surface area contributed by atoms with Crippen molar-refractivity contribution >= 4 is 17.8 Å². The van der Waals surface area contributed by atoms with Crippen LogP contribution in [0.25, 0.3) is 0 Å². The summed E-state index contributed by atoms with van der Waals surface area (Å²) >= 11 is 0. The molecule has 3 rings (SSSR count). The van der Waals surface area contributed by atoms with Crippen molar-refractivity contribution in [2.45, 2.75) is 6.18 Å². The van der Waals surface area contributed by atoms with Gasteiger partial charge in [0.1, 0.15) is 19.3 Å². The van der Waals surface area contributed by atoms with Gasteiger partial charge in [-0.1, -0.05) is 12.1 Å². The van der Waals surface area contributed by atoms with Gasteiger partial charge in [0.2, 0.25) is 0 Å². The lowest BCUT2D eigenvalue weighted by molar-refractivity contribution is -0.367. The number of hydrogen-bond acceptors (Lipinski definition) is 3. The highest BCUT2D eigenvalue weighted by atomic mass is 19.4. The second-order valence-corrected chi connectivity index (χ2v) is 5.61. The van der Waals surface area contributed by atoms with E-state index >= 15 is 0 Å². The van der Waals surface area contributed by atoms with Crippen LogP contribution in [-0.4, -0.2) is 32.5 Å². The Morgan fingerprint density at radius 3 is 2.21 bits per heavy atom. The van der Waals surface area contributed by atoms with E-state index in [4.69, 9.17) is 0 Å². The number of piperazine rings is 1. The van der Waals surface area contributed by atoms with E-state index < -0.39 is 11.7 Å². The number of hydrogen-bond donors (Lipinski definition) is 0. The van der Waals surface area contributed by atoms with Crippen LogP contribution in [0, 0.1) is 0 Å². The number of rotatable bonds is 3. The van der Waals surface area contributed by atoms with Gasteiger partial charge in [-0.05, 0) is 18.2 Å². The van der Waals surface area contributed by atoms with Gasteiger partial charge in [-0.25, -0.2) is 4.98 Å². The molecule has 1 aromatic heterocycles. The summed E-state index contributed by atoms with van der Waals surface area (Å²) in [5.41, 5.74) is 0.848. The molecule has 0 aliphatic carbocycles. The van der Waals surface area contributed by atoms with Gasteiger partial charge in [0, 0.05) is 17.3 Å². The Morgan fingerprint density at radius 1 is 0.958 bits per heavy atom. The van der Waals surface area contributed by atoms with Crippen LogP contribution in [0.2, 0.25) is 0 Å². The highest BCUT2D eigenvalue weighted by molar-refractivity contribution is 5.84. The maximum absolute atomic E-state index is 12.6. The van der Waals surface area contributed by atoms with Crippen molar-refractivity contribution in [3.8, 4) is 0 Å². The number of para-hydroxylation sites is 1. The van der Waals surface area contributed by atoms with E-state index in [0.29, 0.717) is 37.6 Å². The number of halogens is 3. The molecule has 4 nitrogen and oxygen atoms in total. The average Bonchev–Trinajstić information content (AvgIpc) is 2.61. The van der Waals surface area contributed by atoms with E-state index in [-0.39, 0.29) is 0 Å². The van der Waals surface area contributed by atoms with Crippen molar-refractivity contribution in [1.82, 2.24) is 0 Å². The topological polar surface area (TPSA) is 37.7 Å². The standard InChI is InChI=1S/C17H16F3N3O/c18-17(19,20)14-5-6-16(21-11-14)23-9-7-22(8-10-23)15-4-2-1-3-13(15)12-24/h1-6,11-12H,7-10H2/p+1. The third-order valence-corrected chi connectivity index (χ3v) is 4.15. The molecule has 0 amide bonds. The number of nitrogens with zero attached hydrogens (tertiary/aromatic N) is 2. The number of carbonyl (C=O) groups excluding carboxylic acids is 1. The molecule has 1 aromatic carbocycles. The molecule has 0 radical (unpaired) electrons. The molecule has 1 aliphatic heterocycles. The van der Waals surface area contributed by atoms with Crippen molar-refractivity contribution in [3.63, 3.8) is 0 Å². The Kier molecular flexibility index (Phi) is 4.42. The predicted molar refractivity (Wildman–Crippen MR) is 84.3 cm³/mol. The Morgan fingerprint density at radius 2 is 1.62 bits per heavy atom. The number of H-pyrrole nitrogens is 1. The summed E-state index contributed by atoms with van der Waals surface area (Å²) in [6.45, 7) is 2.71. The fourth-order valence-electron chi connectivity index (χ4n) is 2.85. The molecule has 1 saturated heterocycles. The molecule has 0 saturated carbocycles. The zero-order valence-corrected chi connectivity index (χ0v) is 12.9. The first kappa shape index (κ1) is 16.3. The van der Waals surface area contributed by atoms with Crippen LogP contribution in [0.15, 0.2) is 42.6 Å². The van der Waals surface area contributed by atoms with Crippen molar-refractivity contribution in [2.75, 3.05) is 36.0 Å². The minimum atomic E-state index is -4.34. The summed E-state index contributed by atoms with van der Waals surface area (Å²) in [6.07, 6.45) is -2.51. The van der Waals surface area contributed by atoms with E-state index in [1.165, 1.54) is 6.07 Å². The smallest absolute Gasteiger partial charge is 0.363 e. The number of aldehydes is 1. The molecule has 1 aliphatic rings. The van der Waals surface area contributed by atoms with Crippen LogP contribution in [0.4, 0.5) is 24.7 Å².